The number of hydrogen-bond donors (Lipinski definition) is 0. The predicted molar refractivity (Wildman–Crippen MR) is 57.3 cm³/mol. The van der Waals surface area contributed by atoms with E-state index in [4.69, 9.17) is 0 Å². The largest absolute Gasteiger partial charge is 0.103 e. The molecule has 0 aromatic rings. The van der Waals surface area contributed by atoms with Crippen LogP contribution < -0.4 is 0 Å². The third-order valence-electron chi connectivity index (χ3n) is 3.46. The highest BCUT2D eigenvalue weighted by Crippen LogP contribution is 2.52. The Morgan fingerprint density at radius 2 is 1.92 bits per heavy atom. The van der Waals surface area contributed by atoms with E-state index in [1.54, 1.807) is 6.08 Å². The Balaban J connectivity index is 0.000000196. The molecule has 0 heterocycles. The van der Waals surface area contributed by atoms with Crippen LogP contribution in [0.1, 0.15) is 19.8 Å². The molecule has 0 saturated heterocycles. The number of allylic oxidation sites excluding steroid dienone is 5. The highest BCUT2D eigenvalue weighted by Gasteiger charge is 2.44. The van der Waals surface area contributed by atoms with Crippen molar-refractivity contribution in [2.45, 2.75) is 19.8 Å². The van der Waals surface area contributed by atoms with Crippen molar-refractivity contribution < 1.29 is 0 Å². The van der Waals surface area contributed by atoms with Crippen LogP contribution in [0.2, 0.25) is 0 Å². The summed E-state index contributed by atoms with van der Waals surface area (Å²) in [6, 6.07) is 0. The van der Waals surface area contributed by atoms with E-state index in [1.807, 2.05) is 6.92 Å². The average molecular weight is 174 g/mol. The molecule has 0 spiro atoms. The minimum absolute atomic E-state index is 0.925. The van der Waals surface area contributed by atoms with Gasteiger partial charge in [0, 0.05) is 0 Å². The molecule has 0 heteroatoms. The van der Waals surface area contributed by atoms with E-state index in [9.17, 15) is 0 Å². The van der Waals surface area contributed by atoms with Crippen LogP contribution in [-0.4, -0.2) is 0 Å². The molecule has 0 radical (unpaired) electrons. The zero-order valence-electron chi connectivity index (χ0n) is 8.32. The smallest absolute Gasteiger partial charge is 0.0133 e. The van der Waals surface area contributed by atoms with Gasteiger partial charge in [0.05, 0.1) is 0 Å². The van der Waals surface area contributed by atoms with Crippen LogP contribution in [0.25, 0.3) is 0 Å². The Kier molecular flexibility index (Phi) is 2.39. The number of rotatable bonds is 0. The summed E-state index contributed by atoms with van der Waals surface area (Å²) in [5.41, 5.74) is 0. The molecule has 3 aliphatic carbocycles. The average Bonchev–Trinajstić information content (AvgIpc) is 2.79. The van der Waals surface area contributed by atoms with Crippen LogP contribution in [0, 0.1) is 23.7 Å². The molecule has 4 unspecified atom stereocenters. The molecular weight excluding hydrogens is 156 g/mol. The van der Waals surface area contributed by atoms with E-state index in [0.717, 1.165) is 23.7 Å². The summed E-state index contributed by atoms with van der Waals surface area (Å²) in [4.78, 5) is 0. The second kappa shape index (κ2) is 3.53. The van der Waals surface area contributed by atoms with Crippen LogP contribution in [-0.2, 0) is 0 Å². The first-order valence-corrected chi connectivity index (χ1v) is 5.29. The second-order valence-electron chi connectivity index (χ2n) is 4.26. The molecule has 3 rings (SSSR count). The zero-order valence-corrected chi connectivity index (χ0v) is 8.32. The fraction of sp³-hybridized carbons (Fsp3) is 0.538. The van der Waals surface area contributed by atoms with E-state index in [2.05, 4.69) is 30.9 Å². The normalized spacial score (nSPS) is 42.8. The molecule has 0 aromatic heterocycles. The first kappa shape index (κ1) is 8.80. The van der Waals surface area contributed by atoms with Crippen LogP contribution >= 0.6 is 0 Å². The molecule has 1 fully saturated rings. The number of fused-ring (bicyclic) bond motifs is 5. The van der Waals surface area contributed by atoms with Gasteiger partial charge >= 0.3 is 0 Å². The van der Waals surface area contributed by atoms with Crippen molar-refractivity contribution in [2.75, 3.05) is 0 Å². The van der Waals surface area contributed by atoms with Crippen LogP contribution in [0.5, 0.6) is 0 Å². The highest BCUT2D eigenvalue weighted by atomic mass is 14.5. The highest BCUT2D eigenvalue weighted by molar-refractivity contribution is 5.21. The molecular formula is C13H18. The summed E-state index contributed by atoms with van der Waals surface area (Å²) in [5.74, 6) is 3.82. The van der Waals surface area contributed by atoms with E-state index in [-0.39, 0.29) is 0 Å². The van der Waals surface area contributed by atoms with E-state index >= 15 is 0 Å². The maximum atomic E-state index is 3.36. The van der Waals surface area contributed by atoms with Crippen molar-refractivity contribution >= 4 is 0 Å². The lowest BCUT2D eigenvalue weighted by atomic mass is 9.86. The van der Waals surface area contributed by atoms with Gasteiger partial charge in [0.2, 0.25) is 0 Å². The Hall–Kier alpha value is -0.780. The van der Waals surface area contributed by atoms with Gasteiger partial charge in [-0.05, 0) is 43.4 Å². The molecule has 0 aliphatic heterocycles. The van der Waals surface area contributed by atoms with Gasteiger partial charge in [-0.3, -0.25) is 0 Å². The lowest BCUT2D eigenvalue weighted by molar-refractivity contribution is 0.398. The summed E-state index contributed by atoms with van der Waals surface area (Å²) in [6.45, 7) is 5.25. The summed E-state index contributed by atoms with van der Waals surface area (Å²) < 4.78 is 0. The van der Waals surface area contributed by atoms with Crippen molar-refractivity contribution in [3.8, 4) is 0 Å². The molecule has 2 bridgehead atoms. The molecule has 0 nitrogen and oxygen atoms in total. The van der Waals surface area contributed by atoms with Gasteiger partial charge in [-0.2, -0.15) is 0 Å². The van der Waals surface area contributed by atoms with Crippen molar-refractivity contribution in [1.29, 1.82) is 0 Å². The molecule has 0 amide bonds. The van der Waals surface area contributed by atoms with E-state index < -0.39 is 0 Å². The zero-order chi connectivity index (χ0) is 9.26. The van der Waals surface area contributed by atoms with E-state index in [1.165, 1.54) is 12.8 Å². The standard InChI is InChI=1S/C10H12.C3H6/c1-2-9-7-4-5-8(6-7)10(9)3-1;1-3-2/h1-2,4-5,7-10H,3,6H2;3H,1H2,2H3. The third-order valence-corrected chi connectivity index (χ3v) is 3.46. The van der Waals surface area contributed by atoms with Crippen LogP contribution in [0.4, 0.5) is 0 Å². The Morgan fingerprint density at radius 1 is 1.23 bits per heavy atom. The number of hydrogen-bond acceptors (Lipinski definition) is 0. The van der Waals surface area contributed by atoms with Crippen molar-refractivity contribution in [1.82, 2.24) is 0 Å². The van der Waals surface area contributed by atoms with Crippen molar-refractivity contribution in [2.24, 2.45) is 23.7 Å². The molecule has 3 aliphatic rings. The summed E-state index contributed by atoms with van der Waals surface area (Å²) in [7, 11) is 0. The summed E-state index contributed by atoms with van der Waals surface area (Å²) in [5, 5.41) is 0. The fourth-order valence-electron chi connectivity index (χ4n) is 2.97. The van der Waals surface area contributed by atoms with Crippen molar-refractivity contribution in [3.05, 3.63) is 37.0 Å². The van der Waals surface area contributed by atoms with Crippen LogP contribution in [0.15, 0.2) is 37.0 Å². The molecule has 70 valence electrons. The third kappa shape index (κ3) is 1.39. The van der Waals surface area contributed by atoms with Gasteiger partial charge in [-0.25, -0.2) is 0 Å². The van der Waals surface area contributed by atoms with Crippen LogP contribution in [0.3, 0.4) is 0 Å². The minimum Gasteiger partial charge on any atom is -0.103 e. The van der Waals surface area contributed by atoms with Gasteiger partial charge in [0.15, 0.2) is 0 Å². The topological polar surface area (TPSA) is 0 Å². The second-order valence-corrected chi connectivity index (χ2v) is 4.26. The van der Waals surface area contributed by atoms with E-state index in [0.29, 0.717) is 0 Å². The Labute approximate surface area is 81.0 Å². The predicted octanol–water partition coefficient (Wildman–Crippen LogP) is 3.58. The first-order valence-electron chi connectivity index (χ1n) is 5.29. The van der Waals surface area contributed by atoms with Crippen molar-refractivity contribution in [3.63, 3.8) is 0 Å². The van der Waals surface area contributed by atoms with Gasteiger partial charge in [0.25, 0.3) is 0 Å². The van der Waals surface area contributed by atoms with Gasteiger partial charge in [-0.15, -0.1) is 6.58 Å². The molecule has 1 saturated carbocycles. The quantitative estimate of drug-likeness (QED) is 0.492. The van der Waals surface area contributed by atoms with Gasteiger partial charge in [0.1, 0.15) is 0 Å². The lowest BCUT2D eigenvalue weighted by Gasteiger charge is -2.18. The fourth-order valence-corrected chi connectivity index (χ4v) is 2.97. The van der Waals surface area contributed by atoms with Gasteiger partial charge in [-0.1, -0.05) is 30.4 Å². The summed E-state index contributed by atoms with van der Waals surface area (Å²) >= 11 is 0. The Bertz CT molecular complexity index is 247. The minimum atomic E-state index is 0.925. The Morgan fingerprint density at radius 3 is 2.62 bits per heavy atom. The van der Waals surface area contributed by atoms with Gasteiger partial charge < -0.3 is 0 Å². The maximum absolute atomic E-state index is 3.36. The lowest BCUT2D eigenvalue weighted by Crippen LogP contribution is -2.12. The molecule has 4 atom stereocenters. The maximum Gasteiger partial charge on any atom is -0.0133 e. The SMILES string of the molecule is C1=CC2C3C=CC(C3)C2C1.C=CC. The summed E-state index contributed by atoms with van der Waals surface area (Å²) in [6.07, 6.45) is 14.3. The molecule has 0 aromatic carbocycles. The molecule has 13 heavy (non-hydrogen) atoms. The molecule has 0 N–H and O–H groups in total. The first-order chi connectivity index (χ1) is 6.36. The monoisotopic (exact) mass is 174 g/mol.